The van der Waals surface area contributed by atoms with Crippen molar-refractivity contribution < 1.29 is 4.39 Å². The minimum Gasteiger partial charge on any atom is -0.215 e. The Labute approximate surface area is 178 Å². The molecule has 1 aromatic rings. The fraction of sp³-hybridized carbons (Fsp3) is 0.571. The summed E-state index contributed by atoms with van der Waals surface area (Å²) in [6.45, 7) is 8.20. The number of hydrogen-bond acceptors (Lipinski definition) is 0. The third kappa shape index (κ3) is 5.93. The van der Waals surface area contributed by atoms with Gasteiger partial charge in [-0.05, 0) is 105 Å². The molecule has 2 saturated carbocycles. The highest BCUT2D eigenvalue weighted by molar-refractivity contribution is 5.78. The highest BCUT2D eigenvalue weighted by atomic mass is 19.1. The maximum atomic E-state index is 12.9. The van der Waals surface area contributed by atoms with Crippen LogP contribution in [0.15, 0.2) is 47.8 Å². The molecule has 0 heterocycles. The van der Waals surface area contributed by atoms with Gasteiger partial charge in [0.15, 0.2) is 0 Å². The van der Waals surface area contributed by atoms with E-state index in [-0.39, 0.29) is 0 Å². The van der Waals surface area contributed by atoms with Crippen LogP contribution < -0.4 is 0 Å². The zero-order valence-corrected chi connectivity index (χ0v) is 18.9. The number of rotatable bonds is 5. The molecule has 3 rings (SSSR count). The van der Waals surface area contributed by atoms with Crippen LogP contribution in [0.25, 0.3) is 5.57 Å². The van der Waals surface area contributed by atoms with Crippen molar-refractivity contribution in [1.82, 2.24) is 0 Å². The molecule has 0 amide bonds. The summed E-state index contributed by atoms with van der Waals surface area (Å²) in [4.78, 5) is 0. The van der Waals surface area contributed by atoms with Crippen LogP contribution >= 0.6 is 0 Å². The first kappa shape index (κ1) is 22.1. The van der Waals surface area contributed by atoms with E-state index in [1.807, 2.05) is 13.0 Å². The van der Waals surface area contributed by atoms with Gasteiger partial charge in [0.1, 0.15) is 0 Å². The summed E-state index contributed by atoms with van der Waals surface area (Å²) in [7, 11) is 0. The van der Waals surface area contributed by atoms with Crippen LogP contribution in [-0.2, 0) is 0 Å². The molecule has 29 heavy (non-hydrogen) atoms. The Morgan fingerprint density at radius 1 is 0.862 bits per heavy atom. The van der Waals surface area contributed by atoms with Gasteiger partial charge in [-0.2, -0.15) is 0 Å². The molecule has 0 aromatic heterocycles. The maximum Gasteiger partial charge on any atom is 0.0896 e. The van der Waals surface area contributed by atoms with E-state index in [2.05, 4.69) is 45.0 Å². The summed E-state index contributed by atoms with van der Waals surface area (Å²) >= 11 is 0. The second-order valence-corrected chi connectivity index (χ2v) is 9.76. The summed E-state index contributed by atoms with van der Waals surface area (Å²) in [5.41, 5.74) is 7.00. The van der Waals surface area contributed by atoms with Gasteiger partial charge in [0.25, 0.3) is 0 Å². The number of benzene rings is 1. The van der Waals surface area contributed by atoms with Crippen molar-refractivity contribution in [3.8, 4) is 0 Å². The van der Waals surface area contributed by atoms with Crippen molar-refractivity contribution in [3.63, 3.8) is 0 Å². The smallest absolute Gasteiger partial charge is 0.0896 e. The van der Waals surface area contributed by atoms with E-state index >= 15 is 0 Å². The molecular weight excluding hydrogens is 355 g/mol. The largest absolute Gasteiger partial charge is 0.215 e. The van der Waals surface area contributed by atoms with Gasteiger partial charge in [-0.1, -0.05) is 62.0 Å². The normalized spacial score (nSPS) is 24.4. The Morgan fingerprint density at radius 2 is 1.52 bits per heavy atom. The third-order valence-corrected chi connectivity index (χ3v) is 7.12. The van der Waals surface area contributed by atoms with E-state index in [0.29, 0.717) is 17.8 Å². The van der Waals surface area contributed by atoms with Crippen molar-refractivity contribution in [2.75, 3.05) is 0 Å². The highest BCUT2D eigenvalue weighted by Gasteiger charge is 2.29. The van der Waals surface area contributed by atoms with E-state index in [1.54, 1.807) is 0 Å². The quantitative estimate of drug-likeness (QED) is 0.437. The van der Waals surface area contributed by atoms with Crippen LogP contribution in [0.3, 0.4) is 0 Å². The number of halogens is 1. The topological polar surface area (TPSA) is 0 Å². The Kier molecular flexibility index (Phi) is 7.92. The van der Waals surface area contributed by atoms with E-state index in [0.717, 1.165) is 17.4 Å². The van der Waals surface area contributed by atoms with Crippen LogP contribution in [0.4, 0.5) is 4.39 Å². The molecule has 0 radical (unpaired) electrons. The predicted molar refractivity (Wildman–Crippen MR) is 125 cm³/mol. The molecule has 0 unspecified atom stereocenters. The van der Waals surface area contributed by atoms with Gasteiger partial charge in [0.05, 0.1) is 6.33 Å². The maximum absolute atomic E-state index is 12.9. The van der Waals surface area contributed by atoms with Gasteiger partial charge in [-0.25, -0.2) is 4.39 Å². The number of aryl methyl sites for hydroxylation is 1. The monoisotopic (exact) mass is 394 g/mol. The Balaban J connectivity index is 1.72. The second kappa shape index (κ2) is 10.4. The van der Waals surface area contributed by atoms with Crippen molar-refractivity contribution in [3.05, 3.63) is 64.5 Å². The number of hydrogen-bond donors (Lipinski definition) is 0. The Bertz CT molecular complexity index is 762. The third-order valence-electron chi connectivity index (χ3n) is 7.12. The average Bonchev–Trinajstić information content (AvgIpc) is 2.73. The van der Waals surface area contributed by atoms with E-state index in [1.165, 1.54) is 80.1 Å². The van der Waals surface area contributed by atoms with Crippen LogP contribution in [0.5, 0.6) is 0 Å². The number of allylic oxidation sites excluding steroid dienone is 5. The van der Waals surface area contributed by atoms with Crippen LogP contribution in [-0.4, -0.2) is 0 Å². The zero-order chi connectivity index (χ0) is 20.8. The second-order valence-electron chi connectivity index (χ2n) is 9.76. The van der Waals surface area contributed by atoms with Crippen molar-refractivity contribution in [2.45, 2.75) is 91.4 Å². The fourth-order valence-electron chi connectivity index (χ4n) is 5.58. The van der Waals surface area contributed by atoms with E-state index in [9.17, 15) is 4.39 Å². The molecule has 0 bridgehead atoms. The van der Waals surface area contributed by atoms with Gasteiger partial charge >= 0.3 is 0 Å². The molecule has 2 aliphatic carbocycles. The molecule has 158 valence electrons. The molecule has 0 spiro atoms. The summed E-state index contributed by atoms with van der Waals surface area (Å²) in [5.74, 6) is 2.71. The molecule has 0 aliphatic heterocycles. The Morgan fingerprint density at radius 3 is 2.10 bits per heavy atom. The van der Waals surface area contributed by atoms with Gasteiger partial charge in [0.2, 0.25) is 0 Å². The van der Waals surface area contributed by atoms with Crippen molar-refractivity contribution in [2.24, 2.45) is 11.8 Å². The SMILES string of the molecule is CC(C)=C/C(=C\C(C)=C\F)c1ccc(C2CCC(C3CCCCC3)CC2)cc1C. The lowest BCUT2D eigenvalue weighted by atomic mass is 9.70. The minimum atomic E-state index is 0.655. The summed E-state index contributed by atoms with van der Waals surface area (Å²) in [6, 6.07) is 6.98. The fourth-order valence-corrected chi connectivity index (χ4v) is 5.58. The van der Waals surface area contributed by atoms with Crippen LogP contribution in [0.2, 0.25) is 0 Å². The molecule has 1 aromatic carbocycles. The van der Waals surface area contributed by atoms with Gasteiger partial charge in [-0.3, -0.25) is 0 Å². The molecular formula is C28H39F. The van der Waals surface area contributed by atoms with Crippen molar-refractivity contribution in [1.29, 1.82) is 0 Å². The minimum absolute atomic E-state index is 0.655. The Hall–Kier alpha value is -1.63. The molecule has 2 aliphatic rings. The summed E-state index contributed by atoms with van der Waals surface area (Å²) in [6.07, 6.45) is 17.7. The van der Waals surface area contributed by atoms with Crippen LogP contribution in [0, 0.1) is 18.8 Å². The standard InChI is InChI=1S/C28H39F/c1-20(2)16-27(17-21(3)19-29)28-15-14-26(18-22(28)4)25-12-10-24(11-13-25)23-8-6-5-7-9-23/h14-19,23-25H,5-13H2,1-4H3/b21-19+,27-17+. The molecule has 0 saturated heterocycles. The molecule has 0 N–H and O–H groups in total. The van der Waals surface area contributed by atoms with Gasteiger partial charge < -0.3 is 0 Å². The lowest BCUT2D eigenvalue weighted by Crippen LogP contribution is -2.23. The van der Waals surface area contributed by atoms with Crippen LogP contribution in [0.1, 0.15) is 101 Å². The summed E-state index contributed by atoms with van der Waals surface area (Å²) < 4.78 is 12.9. The first-order chi connectivity index (χ1) is 14.0. The first-order valence-corrected chi connectivity index (χ1v) is 11.7. The lowest BCUT2D eigenvalue weighted by molar-refractivity contribution is 0.186. The van der Waals surface area contributed by atoms with E-state index < -0.39 is 0 Å². The van der Waals surface area contributed by atoms with Crippen molar-refractivity contribution >= 4 is 5.57 Å². The molecule has 1 heteroatoms. The van der Waals surface area contributed by atoms with E-state index in [4.69, 9.17) is 0 Å². The average molecular weight is 395 g/mol. The molecule has 0 atom stereocenters. The highest BCUT2D eigenvalue weighted by Crippen LogP contribution is 2.43. The first-order valence-electron chi connectivity index (χ1n) is 11.7. The predicted octanol–water partition coefficient (Wildman–Crippen LogP) is 9.07. The lowest BCUT2D eigenvalue weighted by Gasteiger charge is -2.36. The van der Waals surface area contributed by atoms with Gasteiger partial charge in [-0.15, -0.1) is 0 Å². The zero-order valence-electron chi connectivity index (χ0n) is 18.9. The summed E-state index contributed by atoms with van der Waals surface area (Å²) in [5, 5.41) is 0. The van der Waals surface area contributed by atoms with Gasteiger partial charge in [0, 0.05) is 0 Å². The molecule has 0 nitrogen and oxygen atoms in total. The molecule has 2 fully saturated rings.